The number of nitrogens with zero attached hydrogens (tertiary/aromatic N) is 2. The van der Waals surface area contributed by atoms with Gasteiger partial charge >= 0.3 is 0 Å². The van der Waals surface area contributed by atoms with E-state index in [1.807, 2.05) is 31.2 Å². The van der Waals surface area contributed by atoms with E-state index >= 15 is 0 Å². The van der Waals surface area contributed by atoms with E-state index in [0.717, 1.165) is 16.8 Å². The maximum atomic E-state index is 13.2. The van der Waals surface area contributed by atoms with Crippen LogP contribution >= 0.6 is 0 Å². The van der Waals surface area contributed by atoms with Crippen molar-refractivity contribution in [3.05, 3.63) is 83.8 Å². The molecule has 6 nitrogen and oxygen atoms in total. The molecule has 0 spiro atoms. The minimum Gasteiger partial charge on any atom is -0.439 e. The van der Waals surface area contributed by atoms with Crippen LogP contribution in [0.25, 0.3) is 0 Å². The first-order valence-corrected chi connectivity index (χ1v) is 10.0. The lowest BCUT2D eigenvalue weighted by atomic mass is 10.1. The molecule has 0 radical (unpaired) electrons. The van der Waals surface area contributed by atoms with E-state index in [0.29, 0.717) is 24.7 Å². The van der Waals surface area contributed by atoms with Crippen molar-refractivity contribution in [2.24, 2.45) is 5.92 Å². The summed E-state index contributed by atoms with van der Waals surface area (Å²) in [5.74, 6) is -0.304. The van der Waals surface area contributed by atoms with E-state index in [9.17, 15) is 14.0 Å². The van der Waals surface area contributed by atoms with Crippen LogP contribution in [0.3, 0.4) is 0 Å². The molecule has 2 amide bonds. The number of aryl methyl sites for hydroxylation is 1. The monoisotopic (exact) mass is 419 g/mol. The molecule has 1 aliphatic heterocycles. The zero-order valence-electron chi connectivity index (χ0n) is 17.0. The van der Waals surface area contributed by atoms with E-state index in [2.05, 4.69) is 10.3 Å². The Morgan fingerprint density at radius 2 is 2.00 bits per heavy atom. The predicted molar refractivity (Wildman–Crippen MR) is 114 cm³/mol. The summed E-state index contributed by atoms with van der Waals surface area (Å²) in [6.45, 7) is 2.65. The summed E-state index contributed by atoms with van der Waals surface area (Å²) in [6, 6.07) is 16.9. The number of anilines is 1. The number of nitrogens with one attached hydrogen (secondary N) is 1. The zero-order valence-corrected chi connectivity index (χ0v) is 17.0. The largest absolute Gasteiger partial charge is 0.439 e. The second-order valence-electron chi connectivity index (χ2n) is 7.52. The van der Waals surface area contributed by atoms with Crippen LogP contribution in [0.5, 0.6) is 11.6 Å². The van der Waals surface area contributed by atoms with Gasteiger partial charge in [-0.05, 0) is 36.8 Å². The Labute approximate surface area is 179 Å². The highest BCUT2D eigenvalue weighted by Crippen LogP contribution is 2.25. The standard InChI is InChI=1S/C24H22FN3O3/c1-16-5-8-20(9-6-16)28-15-18(11-23(28)29)24(30)27-14-17-7-10-22(26-13-17)31-21-4-2-3-19(25)12-21/h2-10,12-13,18H,11,14-15H2,1H3,(H,27,30). The van der Waals surface area contributed by atoms with Gasteiger partial charge in [-0.25, -0.2) is 9.37 Å². The van der Waals surface area contributed by atoms with Crippen molar-refractivity contribution in [2.45, 2.75) is 19.9 Å². The molecular weight excluding hydrogens is 397 g/mol. The number of carbonyl (C=O) groups excluding carboxylic acids is 2. The molecule has 0 bridgehead atoms. The van der Waals surface area contributed by atoms with Gasteiger partial charge in [0.1, 0.15) is 11.6 Å². The number of rotatable bonds is 6. The fourth-order valence-electron chi connectivity index (χ4n) is 3.42. The van der Waals surface area contributed by atoms with Crippen molar-refractivity contribution in [2.75, 3.05) is 11.4 Å². The van der Waals surface area contributed by atoms with Crippen LogP contribution < -0.4 is 15.0 Å². The van der Waals surface area contributed by atoms with Gasteiger partial charge in [0.2, 0.25) is 17.7 Å². The summed E-state index contributed by atoms with van der Waals surface area (Å²) >= 11 is 0. The summed E-state index contributed by atoms with van der Waals surface area (Å²) in [4.78, 5) is 30.8. The second kappa shape index (κ2) is 8.95. The van der Waals surface area contributed by atoms with E-state index < -0.39 is 5.92 Å². The van der Waals surface area contributed by atoms with Crippen LogP contribution in [0.15, 0.2) is 66.9 Å². The molecule has 1 aliphatic rings. The summed E-state index contributed by atoms with van der Waals surface area (Å²) in [6.07, 6.45) is 1.78. The third-order valence-corrected chi connectivity index (χ3v) is 5.12. The molecular formula is C24H22FN3O3. The Morgan fingerprint density at radius 3 is 2.71 bits per heavy atom. The van der Waals surface area contributed by atoms with Crippen LogP contribution in [-0.4, -0.2) is 23.3 Å². The first kappa shape index (κ1) is 20.5. The highest BCUT2D eigenvalue weighted by molar-refractivity contribution is 6.00. The molecule has 2 aromatic carbocycles. The van der Waals surface area contributed by atoms with Crippen molar-refractivity contribution < 1.29 is 18.7 Å². The number of benzene rings is 2. The number of pyridine rings is 1. The van der Waals surface area contributed by atoms with Gasteiger partial charge in [0.05, 0.1) is 5.92 Å². The van der Waals surface area contributed by atoms with Gasteiger partial charge in [-0.15, -0.1) is 0 Å². The van der Waals surface area contributed by atoms with Gasteiger partial charge < -0.3 is 15.0 Å². The number of hydrogen-bond acceptors (Lipinski definition) is 4. The van der Waals surface area contributed by atoms with Crippen molar-refractivity contribution >= 4 is 17.5 Å². The number of amides is 2. The van der Waals surface area contributed by atoms with Crippen LogP contribution in [0.2, 0.25) is 0 Å². The number of carbonyl (C=O) groups is 2. The molecule has 1 saturated heterocycles. The Hall–Kier alpha value is -3.74. The molecule has 1 N–H and O–H groups in total. The molecule has 158 valence electrons. The fourth-order valence-corrected chi connectivity index (χ4v) is 3.42. The van der Waals surface area contributed by atoms with Crippen molar-refractivity contribution in [1.82, 2.24) is 10.3 Å². The molecule has 1 atom stereocenters. The average Bonchev–Trinajstić information content (AvgIpc) is 3.15. The Morgan fingerprint density at radius 1 is 1.19 bits per heavy atom. The number of aromatic nitrogens is 1. The van der Waals surface area contributed by atoms with Crippen LogP contribution in [-0.2, 0) is 16.1 Å². The van der Waals surface area contributed by atoms with E-state index in [4.69, 9.17) is 4.74 Å². The van der Waals surface area contributed by atoms with Gasteiger partial charge in [0.25, 0.3) is 0 Å². The SMILES string of the molecule is Cc1ccc(N2CC(C(=O)NCc3ccc(Oc4cccc(F)c4)nc3)CC2=O)cc1. The number of ether oxygens (including phenoxy) is 1. The number of hydrogen-bond donors (Lipinski definition) is 1. The molecule has 3 aromatic rings. The first-order valence-electron chi connectivity index (χ1n) is 10.0. The summed E-state index contributed by atoms with van der Waals surface area (Å²) < 4.78 is 18.7. The van der Waals surface area contributed by atoms with E-state index in [1.165, 1.54) is 12.1 Å². The first-order chi connectivity index (χ1) is 15.0. The summed E-state index contributed by atoms with van der Waals surface area (Å²) in [5.41, 5.74) is 2.72. The van der Waals surface area contributed by atoms with Crippen LogP contribution in [0, 0.1) is 18.7 Å². The third kappa shape index (κ3) is 5.06. The minimum absolute atomic E-state index is 0.0514. The summed E-state index contributed by atoms with van der Waals surface area (Å²) in [5, 5.41) is 2.87. The molecule has 4 rings (SSSR count). The van der Waals surface area contributed by atoms with E-state index in [1.54, 1.807) is 35.4 Å². The molecule has 1 fully saturated rings. The Balaban J connectivity index is 1.30. The van der Waals surface area contributed by atoms with Gasteiger partial charge in [0.15, 0.2) is 0 Å². The molecule has 1 unspecified atom stereocenters. The Bertz CT molecular complexity index is 1080. The minimum atomic E-state index is -0.391. The van der Waals surface area contributed by atoms with Gasteiger partial charge in [0, 0.05) is 43.5 Å². The summed E-state index contributed by atoms with van der Waals surface area (Å²) in [7, 11) is 0. The lowest BCUT2D eigenvalue weighted by Crippen LogP contribution is -2.32. The highest BCUT2D eigenvalue weighted by atomic mass is 19.1. The van der Waals surface area contributed by atoms with Crippen LogP contribution in [0.1, 0.15) is 17.5 Å². The lowest BCUT2D eigenvalue weighted by Gasteiger charge is -2.17. The highest BCUT2D eigenvalue weighted by Gasteiger charge is 2.34. The lowest BCUT2D eigenvalue weighted by molar-refractivity contribution is -0.126. The third-order valence-electron chi connectivity index (χ3n) is 5.12. The zero-order chi connectivity index (χ0) is 21.8. The fraction of sp³-hybridized carbons (Fsp3) is 0.208. The van der Waals surface area contributed by atoms with Gasteiger partial charge in [-0.3, -0.25) is 9.59 Å². The maximum absolute atomic E-state index is 13.2. The molecule has 7 heteroatoms. The normalized spacial score (nSPS) is 15.7. The van der Waals surface area contributed by atoms with Gasteiger partial charge in [-0.1, -0.05) is 29.8 Å². The molecule has 2 heterocycles. The molecule has 31 heavy (non-hydrogen) atoms. The van der Waals surface area contributed by atoms with Crippen LogP contribution in [0.4, 0.5) is 10.1 Å². The maximum Gasteiger partial charge on any atom is 0.227 e. The van der Waals surface area contributed by atoms with Crippen molar-refractivity contribution in [3.8, 4) is 11.6 Å². The predicted octanol–water partition coefficient (Wildman–Crippen LogP) is 3.99. The van der Waals surface area contributed by atoms with Crippen molar-refractivity contribution in [3.63, 3.8) is 0 Å². The van der Waals surface area contributed by atoms with Crippen molar-refractivity contribution in [1.29, 1.82) is 0 Å². The second-order valence-corrected chi connectivity index (χ2v) is 7.52. The number of halogens is 1. The topological polar surface area (TPSA) is 71.5 Å². The smallest absolute Gasteiger partial charge is 0.227 e. The molecule has 0 aliphatic carbocycles. The molecule has 0 saturated carbocycles. The van der Waals surface area contributed by atoms with E-state index in [-0.39, 0.29) is 24.1 Å². The van der Waals surface area contributed by atoms with Gasteiger partial charge in [-0.2, -0.15) is 0 Å². The quantitative estimate of drug-likeness (QED) is 0.656. The molecule has 1 aromatic heterocycles. The Kier molecular flexibility index (Phi) is 5.93. The average molecular weight is 419 g/mol.